The van der Waals surface area contributed by atoms with E-state index in [1.807, 2.05) is 0 Å². The summed E-state index contributed by atoms with van der Waals surface area (Å²) in [4.78, 5) is 83.0. The van der Waals surface area contributed by atoms with Crippen molar-refractivity contribution in [1.82, 2.24) is 26.3 Å². The van der Waals surface area contributed by atoms with Gasteiger partial charge in [0, 0.05) is 12.8 Å². The van der Waals surface area contributed by atoms with E-state index in [0.29, 0.717) is 22.9 Å². The molecule has 2 rings (SSSR count). The lowest BCUT2D eigenvalue weighted by molar-refractivity contribution is -0.144. The molecule has 0 saturated heterocycles. The summed E-state index contributed by atoms with van der Waals surface area (Å²) < 4.78 is 24.2. The van der Waals surface area contributed by atoms with Crippen molar-refractivity contribution < 1.29 is 56.8 Å². The average molecular weight is 695 g/mol. The molecule has 0 aliphatic carbocycles. The van der Waals surface area contributed by atoms with E-state index in [-0.39, 0.29) is 61.5 Å². The van der Waals surface area contributed by atoms with Crippen LogP contribution in [0.15, 0.2) is 9.05 Å². The summed E-state index contributed by atoms with van der Waals surface area (Å²) in [6, 6.07) is -1.96. The van der Waals surface area contributed by atoms with E-state index in [1.165, 1.54) is 14.2 Å². The molecule has 2 aromatic heterocycles. The Morgan fingerprint density at radius 1 is 0.735 bits per heavy atom. The van der Waals surface area contributed by atoms with Gasteiger partial charge < -0.3 is 44.9 Å². The van der Waals surface area contributed by atoms with Crippen LogP contribution in [-0.2, 0) is 33.4 Å². The quantitative estimate of drug-likeness (QED) is 0.151. The Labute approximate surface area is 283 Å². The second-order valence-corrected chi connectivity index (χ2v) is 11.7. The topological polar surface area (TPSA) is 261 Å². The molecule has 2 aromatic rings. The number of esters is 2. The number of hydrogen-bond donors (Lipinski definition) is 4. The van der Waals surface area contributed by atoms with Gasteiger partial charge in [-0.25, -0.2) is 14.4 Å². The smallest absolute Gasteiger partial charge is 0.408 e. The van der Waals surface area contributed by atoms with E-state index in [1.54, 1.807) is 48.5 Å². The van der Waals surface area contributed by atoms with Gasteiger partial charge in [0.25, 0.3) is 11.8 Å². The number of nitrogens with one attached hydrogen (secondary N) is 3. The number of amides is 3. The number of nitrogens with zero attached hydrogens (tertiary/aromatic N) is 2. The molecule has 272 valence electrons. The second-order valence-electron chi connectivity index (χ2n) is 11.7. The molecule has 0 unspecified atom stereocenters. The lowest BCUT2D eigenvalue weighted by atomic mass is 10.1. The third kappa shape index (κ3) is 14.3. The Morgan fingerprint density at radius 2 is 1.14 bits per heavy atom. The van der Waals surface area contributed by atoms with Gasteiger partial charge in [-0.1, -0.05) is 10.3 Å². The van der Waals surface area contributed by atoms with Crippen molar-refractivity contribution >= 4 is 41.4 Å². The zero-order valence-corrected chi connectivity index (χ0v) is 29.3. The van der Waals surface area contributed by atoms with E-state index in [2.05, 4.69) is 35.7 Å². The predicted molar refractivity (Wildman–Crippen MR) is 170 cm³/mol. The summed E-state index contributed by atoms with van der Waals surface area (Å²) in [6.07, 6.45) is -0.554. The molecule has 0 fully saturated rings. The zero-order valence-electron chi connectivity index (χ0n) is 29.3. The van der Waals surface area contributed by atoms with Crippen LogP contribution in [0.25, 0.3) is 0 Å². The largest absolute Gasteiger partial charge is 0.467 e. The second kappa shape index (κ2) is 19.6. The average Bonchev–Trinajstić information content (AvgIpc) is 3.56. The van der Waals surface area contributed by atoms with Gasteiger partial charge >= 0.3 is 18.0 Å². The number of aryl methyl sites for hydroxylation is 4. The number of carbonyl (C=O) groups excluding carboxylic acids is 7. The molecule has 2 atom stereocenters. The van der Waals surface area contributed by atoms with Crippen LogP contribution in [0.3, 0.4) is 0 Å². The zero-order chi connectivity index (χ0) is 37.5. The molecule has 0 radical (unpaired) electrons. The standard InChI is InChI=1S/C18H27N3O7.C13H19N3O5/c1-10-14(11(2)28-21-10)15(23)20-13(16(24)26-6)8-7-12(22)9-19-17(25)27-18(3,4)5;1-7-11(8(2)21-16-7)12(18)15-10(13(19)20-3)5-4-9(17)6-14/h13H,7-9H2,1-6H3,(H,19,25)(H,20,23);10H,4-6,14H2,1-3H3,(H,15,18)/t13-;10-/m00/s1. The maximum Gasteiger partial charge on any atom is 0.408 e. The molecule has 0 aromatic carbocycles. The monoisotopic (exact) mass is 694 g/mol. The molecule has 0 saturated carbocycles. The summed E-state index contributed by atoms with van der Waals surface area (Å²) in [7, 11) is 2.39. The molecule has 18 nitrogen and oxygen atoms in total. The van der Waals surface area contributed by atoms with E-state index < -0.39 is 47.5 Å². The molecule has 0 aliphatic rings. The van der Waals surface area contributed by atoms with E-state index in [0.717, 1.165) is 0 Å². The third-order valence-electron chi connectivity index (χ3n) is 6.58. The Morgan fingerprint density at radius 3 is 1.47 bits per heavy atom. The van der Waals surface area contributed by atoms with Gasteiger partial charge in [-0.15, -0.1) is 0 Å². The molecule has 0 bridgehead atoms. The molecule has 3 amide bonds. The number of hydrogen-bond acceptors (Lipinski definition) is 15. The lowest BCUT2D eigenvalue weighted by Crippen LogP contribution is -2.42. The van der Waals surface area contributed by atoms with Crippen molar-refractivity contribution in [3.05, 3.63) is 34.0 Å². The van der Waals surface area contributed by atoms with Crippen molar-refractivity contribution in [2.24, 2.45) is 5.73 Å². The SMILES string of the molecule is COC(=O)[C@H](CCC(=O)CN)NC(=O)c1c(C)noc1C.COC(=O)[C@H](CCC(=O)CNC(=O)OC(C)(C)C)NC(=O)c1c(C)noc1C. The number of rotatable bonds is 15. The highest BCUT2D eigenvalue weighted by Gasteiger charge is 2.28. The molecule has 2 heterocycles. The van der Waals surface area contributed by atoms with Crippen molar-refractivity contribution in [3.8, 4) is 0 Å². The van der Waals surface area contributed by atoms with E-state index in [4.69, 9.17) is 19.5 Å². The van der Waals surface area contributed by atoms with Gasteiger partial charge in [0.1, 0.15) is 46.1 Å². The summed E-state index contributed by atoms with van der Waals surface area (Å²) in [5.41, 5.74) is 5.85. The van der Waals surface area contributed by atoms with Crippen molar-refractivity contribution in [2.45, 2.75) is 91.8 Å². The fourth-order valence-corrected chi connectivity index (χ4v) is 4.14. The highest BCUT2D eigenvalue weighted by atomic mass is 16.6. The van der Waals surface area contributed by atoms with Crippen LogP contribution in [0.2, 0.25) is 0 Å². The first-order chi connectivity index (χ1) is 22.8. The number of aromatic nitrogens is 2. The highest BCUT2D eigenvalue weighted by Crippen LogP contribution is 2.14. The summed E-state index contributed by atoms with van der Waals surface area (Å²) >= 11 is 0. The number of ether oxygens (including phenoxy) is 3. The van der Waals surface area contributed by atoms with E-state index >= 15 is 0 Å². The first-order valence-corrected chi connectivity index (χ1v) is 15.2. The van der Waals surface area contributed by atoms with Crippen LogP contribution in [0.4, 0.5) is 4.79 Å². The fourth-order valence-electron chi connectivity index (χ4n) is 4.14. The predicted octanol–water partition coefficient (Wildman–Crippen LogP) is 1.31. The van der Waals surface area contributed by atoms with Crippen LogP contribution >= 0.6 is 0 Å². The number of Topliss-reactive ketones (excluding diaryl/α,β-unsaturated/α-hetero) is 2. The van der Waals surface area contributed by atoms with Gasteiger partial charge in [0.15, 0.2) is 5.78 Å². The van der Waals surface area contributed by atoms with Gasteiger partial charge in [-0.3, -0.25) is 19.2 Å². The van der Waals surface area contributed by atoms with Crippen molar-refractivity contribution in [2.75, 3.05) is 27.3 Å². The van der Waals surface area contributed by atoms with Crippen LogP contribution < -0.4 is 21.7 Å². The normalized spacial score (nSPS) is 12.0. The number of ketones is 2. The van der Waals surface area contributed by atoms with Gasteiger partial charge in [0.2, 0.25) is 0 Å². The molecule has 5 N–H and O–H groups in total. The molecular weight excluding hydrogens is 648 g/mol. The lowest BCUT2D eigenvalue weighted by Gasteiger charge is -2.19. The Hall–Kier alpha value is -5.13. The summed E-state index contributed by atoms with van der Waals surface area (Å²) in [5.74, 6) is -2.22. The van der Waals surface area contributed by atoms with Crippen LogP contribution in [0, 0.1) is 27.7 Å². The maximum absolute atomic E-state index is 12.4. The first-order valence-electron chi connectivity index (χ1n) is 15.2. The number of carbonyl (C=O) groups is 7. The Bertz CT molecular complexity index is 1450. The van der Waals surface area contributed by atoms with Crippen LogP contribution in [-0.4, -0.2) is 96.7 Å². The van der Waals surface area contributed by atoms with Crippen LogP contribution in [0.1, 0.15) is 90.1 Å². The minimum atomic E-state index is -1.03. The molecular formula is C31H46N6O12. The van der Waals surface area contributed by atoms with Crippen molar-refractivity contribution in [3.63, 3.8) is 0 Å². The number of nitrogens with two attached hydrogens (primary N) is 1. The third-order valence-corrected chi connectivity index (χ3v) is 6.58. The minimum Gasteiger partial charge on any atom is -0.467 e. The summed E-state index contributed by atoms with van der Waals surface area (Å²) in [6.45, 7) is 11.2. The van der Waals surface area contributed by atoms with Crippen LogP contribution in [0.5, 0.6) is 0 Å². The molecule has 49 heavy (non-hydrogen) atoms. The highest BCUT2D eigenvalue weighted by molar-refractivity contribution is 5.99. The van der Waals surface area contributed by atoms with E-state index in [9.17, 15) is 33.6 Å². The summed E-state index contributed by atoms with van der Waals surface area (Å²) in [5, 5.41) is 14.8. The van der Waals surface area contributed by atoms with Crippen molar-refractivity contribution in [1.29, 1.82) is 0 Å². The first kappa shape index (κ1) is 41.9. The van der Waals surface area contributed by atoms with Gasteiger partial charge in [0.05, 0.1) is 38.7 Å². The minimum absolute atomic E-state index is 0.0105. The number of methoxy groups -OCH3 is 2. The Balaban J connectivity index is 0.000000510. The maximum atomic E-state index is 12.4. The number of alkyl carbamates (subject to hydrolysis) is 1. The van der Waals surface area contributed by atoms with Gasteiger partial charge in [-0.05, 0) is 61.3 Å². The van der Waals surface area contributed by atoms with Gasteiger partial charge in [-0.2, -0.15) is 0 Å². The fraction of sp³-hybridized carbons (Fsp3) is 0.581. The Kier molecular flexibility index (Phi) is 16.8. The molecule has 0 aliphatic heterocycles. The molecule has 0 spiro atoms. The molecule has 18 heteroatoms.